The predicted octanol–water partition coefficient (Wildman–Crippen LogP) is 0.892. The quantitative estimate of drug-likeness (QED) is 0.757. The van der Waals surface area contributed by atoms with E-state index in [1.54, 1.807) is 43.4 Å². The molecule has 0 aromatic heterocycles. The van der Waals surface area contributed by atoms with Gasteiger partial charge in [-0.25, -0.2) is 0 Å². The van der Waals surface area contributed by atoms with Crippen molar-refractivity contribution in [2.45, 2.75) is 12.5 Å². The van der Waals surface area contributed by atoms with Crippen molar-refractivity contribution in [2.24, 2.45) is 0 Å². The molecular weight excluding hydrogens is 334 g/mol. The number of ether oxygens (including phenoxy) is 2. The number of hydrogen-bond donors (Lipinski definition) is 2. The zero-order valence-corrected chi connectivity index (χ0v) is 14.7. The monoisotopic (exact) mass is 357 g/mol. The van der Waals surface area contributed by atoms with Crippen LogP contribution in [-0.4, -0.2) is 63.2 Å². The molecule has 0 saturated carbocycles. The van der Waals surface area contributed by atoms with Crippen molar-refractivity contribution in [2.75, 3.05) is 45.8 Å². The summed E-state index contributed by atoms with van der Waals surface area (Å²) in [5.74, 6) is 0.396. The van der Waals surface area contributed by atoms with E-state index in [1.807, 2.05) is 0 Å². The third kappa shape index (κ3) is 5.67. The summed E-state index contributed by atoms with van der Waals surface area (Å²) in [5, 5.41) is 5.89. The van der Waals surface area contributed by atoms with E-state index in [0.717, 1.165) is 0 Å². The lowest BCUT2D eigenvalue weighted by molar-refractivity contribution is -0.138. The Hall–Kier alpha value is -1.83. The molecule has 2 N–H and O–H groups in total. The molecule has 1 aromatic rings. The number of hydrogen-bond acceptors (Lipinski definition) is 5. The lowest BCUT2D eigenvalue weighted by Crippen LogP contribution is -2.56. The van der Waals surface area contributed by atoms with Crippen LogP contribution in [0.25, 0.3) is 0 Å². The number of piperazine rings is 1. The number of rotatable bonds is 7. The van der Waals surface area contributed by atoms with E-state index < -0.39 is 6.04 Å². The normalized spacial score (nSPS) is 17.2. The summed E-state index contributed by atoms with van der Waals surface area (Å²) in [5.41, 5.74) is 0.647. The van der Waals surface area contributed by atoms with Gasteiger partial charge in [0.05, 0.1) is 26.2 Å². The Morgan fingerprint density at radius 2 is 2.21 bits per heavy atom. The maximum atomic E-state index is 12.3. The molecule has 24 heavy (non-hydrogen) atoms. The van der Waals surface area contributed by atoms with Crippen LogP contribution >= 0.6 is 12.4 Å². The molecule has 0 spiro atoms. The van der Waals surface area contributed by atoms with Crippen LogP contribution in [0.1, 0.15) is 6.42 Å². The molecule has 1 atom stereocenters. The molecule has 1 unspecified atom stereocenters. The highest BCUT2D eigenvalue weighted by Gasteiger charge is 2.29. The van der Waals surface area contributed by atoms with E-state index >= 15 is 0 Å². The highest BCUT2D eigenvalue weighted by molar-refractivity contribution is 5.95. The summed E-state index contributed by atoms with van der Waals surface area (Å²) in [6, 6.07) is 6.62. The fourth-order valence-electron chi connectivity index (χ4n) is 2.47. The van der Waals surface area contributed by atoms with E-state index in [0.29, 0.717) is 37.7 Å². The minimum absolute atomic E-state index is 0. The first-order chi connectivity index (χ1) is 11.1. The SMILES string of the molecule is COCCN1CCNC(CC(=O)Nc2cccc(OC)c2)C1=O.Cl. The molecule has 1 aliphatic rings. The molecule has 1 aliphatic heterocycles. The van der Waals surface area contributed by atoms with Gasteiger partial charge < -0.3 is 25.0 Å². The zero-order valence-electron chi connectivity index (χ0n) is 13.9. The van der Waals surface area contributed by atoms with Crippen LogP contribution < -0.4 is 15.4 Å². The summed E-state index contributed by atoms with van der Waals surface area (Å²) in [4.78, 5) is 26.2. The molecule has 0 aliphatic carbocycles. The lowest BCUT2D eigenvalue weighted by Gasteiger charge is -2.32. The summed E-state index contributed by atoms with van der Waals surface area (Å²) in [6.07, 6.45) is 0.0968. The third-order valence-electron chi connectivity index (χ3n) is 3.69. The first kappa shape index (κ1) is 20.2. The summed E-state index contributed by atoms with van der Waals surface area (Å²) >= 11 is 0. The Balaban J connectivity index is 0.00000288. The summed E-state index contributed by atoms with van der Waals surface area (Å²) < 4.78 is 10.1. The number of benzene rings is 1. The van der Waals surface area contributed by atoms with Gasteiger partial charge in [-0.2, -0.15) is 0 Å². The van der Waals surface area contributed by atoms with Gasteiger partial charge in [0, 0.05) is 38.5 Å². The Bertz CT molecular complexity index is 556. The van der Waals surface area contributed by atoms with Gasteiger partial charge in [0.25, 0.3) is 0 Å². The smallest absolute Gasteiger partial charge is 0.240 e. The fourth-order valence-corrected chi connectivity index (χ4v) is 2.47. The lowest BCUT2D eigenvalue weighted by atomic mass is 10.1. The van der Waals surface area contributed by atoms with Gasteiger partial charge in [-0.05, 0) is 12.1 Å². The van der Waals surface area contributed by atoms with Crippen molar-refractivity contribution in [3.8, 4) is 5.75 Å². The van der Waals surface area contributed by atoms with Crippen LogP contribution in [0, 0.1) is 0 Å². The van der Waals surface area contributed by atoms with E-state index in [-0.39, 0.29) is 30.6 Å². The van der Waals surface area contributed by atoms with Gasteiger partial charge in [0.2, 0.25) is 11.8 Å². The van der Waals surface area contributed by atoms with E-state index in [1.165, 1.54) is 0 Å². The van der Waals surface area contributed by atoms with Crippen molar-refractivity contribution >= 4 is 29.9 Å². The van der Waals surface area contributed by atoms with Gasteiger partial charge in [0.15, 0.2) is 0 Å². The number of carbonyl (C=O) groups excluding carboxylic acids is 2. The Kier molecular flexibility index (Phi) is 8.53. The average Bonchev–Trinajstić information content (AvgIpc) is 2.56. The van der Waals surface area contributed by atoms with Gasteiger partial charge in [0.1, 0.15) is 5.75 Å². The first-order valence-corrected chi connectivity index (χ1v) is 7.59. The molecule has 1 heterocycles. The van der Waals surface area contributed by atoms with Gasteiger partial charge in [-0.3, -0.25) is 9.59 Å². The second-order valence-corrected chi connectivity index (χ2v) is 5.31. The number of nitrogens with one attached hydrogen (secondary N) is 2. The van der Waals surface area contributed by atoms with E-state index in [2.05, 4.69) is 10.6 Å². The highest BCUT2D eigenvalue weighted by Crippen LogP contribution is 2.17. The van der Waals surface area contributed by atoms with Crippen molar-refractivity contribution in [1.82, 2.24) is 10.2 Å². The van der Waals surface area contributed by atoms with Crippen molar-refractivity contribution in [1.29, 1.82) is 0 Å². The number of carbonyl (C=O) groups is 2. The average molecular weight is 358 g/mol. The minimum atomic E-state index is -0.494. The molecule has 8 heteroatoms. The largest absolute Gasteiger partial charge is 0.497 e. The number of methoxy groups -OCH3 is 2. The standard InChI is InChI=1S/C16H23N3O4.ClH/c1-22-9-8-19-7-6-17-14(16(19)21)11-15(20)18-12-4-3-5-13(10-12)23-2;/h3-5,10,14,17H,6-9,11H2,1-2H3,(H,18,20);1H. The molecule has 1 fully saturated rings. The van der Waals surface area contributed by atoms with Gasteiger partial charge in [-0.1, -0.05) is 6.07 Å². The Morgan fingerprint density at radius 3 is 2.92 bits per heavy atom. The van der Waals surface area contributed by atoms with Gasteiger partial charge >= 0.3 is 0 Å². The number of halogens is 1. The Morgan fingerprint density at radius 1 is 1.42 bits per heavy atom. The fraction of sp³-hybridized carbons (Fsp3) is 0.500. The highest BCUT2D eigenvalue weighted by atomic mass is 35.5. The van der Waals surface area contributed by atoms with Crippen LogP contribution in [0.5, 0.6) is 5.75 Å². The third-order valence-corrected chi connectivity index (χ3v) is 3.69. The molecule has 1 saturated heterocycles. The number of amides is 2. The van der Waals surface area contributed by atoms with Crippen molar-refractivity contribution in [3.05, 3.63) is 24.3 Å². The van der Waals surface area contributed by atoms with Crippen molar-refractivity contribution < 1.29 is 19.1 Å². The van der Waals surface area contributed by atoms with Crippen molar-refractivity contribution in [3.63, 3.8) is 0 Å². The number of anilines is 1. The predicted molar refractivity (Wildman–Crippen MR) is 93.7 cm³/mol. The van der Waals surface area contributed by atoms with Crippen LogP contribution in [0.2, 0.25) is 0 Å². The first-order valence-electron chi connectivity index (χ1n) is 7.59. The van der Waals surface area contributed by atoms with E-state index in [4.69, 9.17) is 9.47 Å². The molecule has 1 aromatic carbocycles. The van der Waals surface area contributed by atoms with Crippen LogP contribution in [0.15, 0.2) is 24.3 Å². The van der Waals surface area contributed by atoms with Crippen LogP contribution in [0.3, 0.4) is 0 Å². The molecule has 2 amide bonds. The maximum Gasteiger partial charge on any atom is 0.240 e. The zero-order chi connectivity index (χ0) is 16.7. The molecule has 7 nitrogen and oxygen atoms in total. The van der Waals surface area contributed by atoms with Gasteiger partial charge in [-0.15, -0.1) is 12.4 Å². The maximum absolute atomic E-state index is 12.3. The molecular formula is C16H24ClN3O4. The van der Waals surface area contributed by atoms with Crippen LogP contribution in [0.4, 0.5) is 5.69 Å². The molecule has 0 radical (unpaired) electrons. The second-order valence-electron chi connectivity index (χ2n) is 5.31. The molecule has 0 bridgehead atoms. The molecule has 2 rings (SSSR count). The second kappa shape index (κ2) is 10.1. The summed E-state index contributed by atoms with van der Waals surface area (Å²) in [7, 11) is 3.17. The van der Waals surface area contributed by atoms with Crippen LogP contribution in [-0.2, 0) is 14.3 Å². The minimum Gasteiger partial charge on any atom is -0.497 e. The number of nitrogens with zero attached hydrogens (tertiary/aromatic N) is 1. The Labute approximate surface area is 148 Å². The van der Waals surface area contributed by atoms with E-state index in [9.17, 15) is 9.59 Å². The summed E-state index contributed by atoms with van der Waals surface area (Å²) in [6.45, 7) is 2.35. The topological polar surface area (TPSA) is 79.9 Å². The molecule has 134 valence electrons.